The Balaban J connectivity index is 2.59. The number of carbonyl (C=O) groups excluding carboxylic acids is 2. The van der Waals surface area contributed by atoms with Crippen LogP contribution < -0.4 is 5.73 Å². The fourth-order valence-electron chi connectivity index (χ4n) is 1.54. The molecule has 6 heteroatoms. The summed E-state index contributed by atoms with van der Waals surface area (Å²) in [4.78, 5) is 28.8. The number of amides is 1. The molecule has 6 nitrogen and oxygen atoms in total. The minimum absolute atomic E-state index is 0.163. The van der Waals surface area contributed by atoms with Gasteiger partial charge in [-0.3, -0.25) is 9.59 Å². The Kier molecular flexibility index (Phi) is 6.92. The standard InChI is InChI=1S/C15H19N3O3/c1-3-21-14(19)8-10-18(2)15(20)13-7-6-12(11-17-13)5-4-9-16/h6-7,11H,3,8-10,16H2,1-2H3. The minimum atomic E-state index is -0.322. The van der Waals surface area contributed by atoms with Crippen LogP contribution in [0.3, 0.4) is 0 Å². The van der Waals surface area contributed by atoms with E-state index < -0.39 is 0 Å². The number of pyridine rings is 1. The molecule has 1 aromatic rings. The monoisotopic (exact) mass is 289 g/mol. The summed E-state index contributed by atoms with van der Waals surface area (Å²) in [6.45, 7) is 2.64. The Hall–Kier alpha value is -2.39. The number of hydrogen-bond donors (Lipinski definition) is 1. The van der Waals surface area contributed by atoms with Crippen LogP contribution in [0.15, 0.2) is 18.3 Å². The average molecular weight is 289 g/mol. The van der Waals surface area contributed by atoms with E-state index in [1.807, 2.05) is 0 Å². The summed E-state index contributed by atoms with van der Waals surface area (Å²) in [7, 11) is 1.62. The van der Waals surface area contributed by atoms with Crippen LogP contribution in [0.5, 0.6) is 0 Å². The highest BCUT2D eigenvalue weighted by molar-refractivity contribution is 5.92. The van der Waals surface area contributed by atoms with Gasteiger partial charge in [-0.2, -0.15) is 0 Å². The zero-order valence-electron chi connectivity index (χ0n) is 12.3. The zero-order chi connectivity index (χ0) is 15.7. The fraction of sp³-hybridized carbons (Fsp3) is 0.400. The Morgan fingerprint density at radius 1 is 1.43 bits per heavy atom. The van der Waals surface area contributed by atoms with Gasteiger partial charge < -0.3 is 15.4 Å². The predicted molar refractivity (Wildman–Crippen MR) is 78.4 cm³/mol. The Morgan fingerprint density at radius 2 is 2.19 bits per heavy atom. The number of ether oxygens (including phenoxy) is 1. The smallest absolute Gasteiger partial charge is 0.307 e. The normalized spacial score (nSPS) is 9.48. The third-order valence-electron chi connectivity index (χ3n) is 2.62. The first-order chi connectivity index (χ1) is 10.1. The summed E-state index contributed by atoms with van der Waals surface area (Å²) in [6, 6.07) is 3.31. The number of nitrogens with two attached hydrogens (primary N) is 1. The molecule has 112 valence electrons. The largest absolute Gasteiger partial charge is 0.466 e. The second-order valence-electron chi connectivity index (χ2n) is 4.22. The Bertz CT molecular complexity index is 544. The lowest BCUT2D eigenvalue weighted by Crippen LogP contribution is -2.30. The zero-order valence-corrected chi connectivity index (χ0v) is 12.3. The van der Waals surface area contributed by atoms with Gasteiger partial charge in [0.25, 0.3) is 5.91 Å². The van der Waals surface area contributed by atoms with Crippen molar-refractivity contribution in [1.82, 2.24) is 9.88 Å². The SMILES string of the molecule is CCOC(=O)CCN(C)C(=O)c1ccc(C#CCN)cn1. The quantitative estimate of drug-likeness (QED) is 0.627. The van der Waals surface area contributed by atoms with Crippen LogP contribution in [-0.2, 0) is 9.53 Å². The van der Waals surface area contributed by atoms with Gasteiger partial charge in [0.2, 0.25) is 0 Å². The van der Waals surface area contributed by atoms with Gasteiger partial charge in [0.1, 0.15) is 5.69 Å². The van der Waals surface area contributed by atoms with Crippen LogP contribution in [0.1, 0.15) is 29.4 Å². The van der Waals surface area contributed by atoms with Crippen molar-refractivity contribution in [3.63, 3.8) is 0 Å². The predicted octanol–water partition coefficient (Wildman–Crippen LogP) is 0.417. The summed E-state index contributed by atoms with van der Waals surface area (Å²) in [6.07, 6.45) is 1.69. The van der Waals surface area contributed by atoms with Crippen LogP contribution in [0.2, 0.25) is 0 Å². The van der Waals surface area contributed by atoms with Gasteiger partial charge in [-0.05, 0) is 19.1 Å². The molecular weight excluding hydrogens is 270 g/mol. The van der Waals surface area contributed by atoms with E-state index in [9.17, 15) is 9.59 Å². The van der Waals surface area contributed by atoms with E-state index in [1.165, 1.54) is 11.1 Å². The lowest BCUT2D eigenvalue weighted by atomic mass is 10.2. The molecule has 0 aliphatic carbocycles. The lowest BCUT2D eigenvalue weighted by Gasteiger charge is -2.16. The summed E-state index contributed by atoms with van der Waals surface area (Å²) >= 11 is 0. The van der Waals surface area contributed by atoms with E-state index in [4.69, 9.17) is 10.5 Å². The van der Waals surface area contributed by atoms with Crippen LogP contribution in [-0.4, -0.2) is 48.5 Å². The highest BCUT2D eigenvalue weighted by Gasteiger charge is 2.14. The fourth-order valence-corrected chi connectivity index (χ4v) is 1.54. The minimum Gasteiger partial charge on any atom is -0.466 e. The van der Waals surface area contributed by atoms with Crippen molar-refractivity contribution in [2.24, 2.45) is 5.73 Å². The molecule has 1 rings (SSSR count). The molecule has 0 aliphatic rings. The second-order valence-corrected chi connectivity index (χ2v) is 4.22. The van der Waals surface area contributed by atoms with Crippen molar-refractivity contribution in [3.8, 4) is 11.8 Å². The van der Waals surface area contributed by atoms with Gasteiger partial charge in [-0.25, -0.2) is 4.98 Å². The summed E-state index contributed by atoms with van der Waals surface area (Å²) in [5.41, 5.74) is 6.29. The van der Waals surface area contributed by atoms with Crippen LogP contribution in [0.4, 0.5) is 0 Å². The molecule has 0 radical (unpaired) electrons. The van der Waals surface area contributed by atoms with Gasteiger partial charge in [0.15, 0.2) is 0 Å². The molecule has 0 fully saturated rings. The third kappa shape index (κ3) is 5.63. The van der Waals surface area contributed by atoms with E-state index in [0.29, 0.717) is 17.9 Å². The molecule has 2 N–H and O–H groups in total. The van der Waals surface area contributed by atoms with E-state index in [1.54, 1.807) is 26.1 Å². The maximum absolute atomic E-state index is 12.1. The highest BCUT2D eigenvalue weighted by atomic mass is 16.5. The van der Waals surface area contributed by atoms with Crippen molar-refractivity contribution >= 4 is 11.9 Å². The molecule has 1 aromatic heterocycles. The number of esters is 1. The van der Waals surface area contributed by atoms with Crippen molar-refractivity contribution in [3.05, 3.63) is 29.6 Å². The molecule has 0 unspecified atom stereocenters. The van der Waals surface area contributed by atoms with E-state index in [-0.39, 0.29) is 31.4 Å². The highest BCUT2D eigenvalue weighted by Crippen LogP contribution is 2.03. The maximum Gasteiger partial charge on any atom is 0.307 e. The average Bonchev–Trinajstić information content (AvgIpc) is 2.50. The number of aromatic nitrogens is 1. The number of rotatable bonds is 5. The van der Waals surface area contributed by atoms with Gasteiger partial charge in [0, 0.05) is 25.4 Å². The number of hydrogen-bond acceptors (Lipinski definition) is 5. The number of carbonyl (C=O) groups is 2. The topological polar surface area (TPSA) is 85.5 Å². The first-order valence-corrected chi connectivity index (χ1v) is 6.64. The summed E-state index contributed by atoms with van der Waals surface area (Å²) in [5.74, 6) is 4.97. The molecule has 0 spiro atoms. The first-order valence-electron chi connectivity index (χ1n) is 6.64. The lowest BCUT2D eigenvalue weighted by molar-refractivity contribution is -0.143. The van der Waals surface area contributed by atoms with Crippen LogP contribution in [0, 0.1) is 11.8 Å². The van der Waals surface area contributed by atoms with Gasteiger partial charge in [-0.1, -0.05) is 11.8 Å². The van der Waals surface area contributed by atoms with Gasteiger partial charge >= 0.3 is 5.97 Å². The molecule has 0 aliphatic heterocycles. The summed E-state index contributed by atoms with van der Waals surface area (Å²) < 4.78 is 4.81. The summed E-state index contributed by atoms with van der Waals surface area (Å²) in [5, 5.41) is 0. The molecule has 1 amide bonds. The van der Waals surface area contributed by atoms with Gasteiger partial charge in [-0.15, -0.1) is 0 Å². The molecule has 0 bridgehead atoms. The molecule has 0 atom stereocenters. The molecule has 0 aromatic carbocycles. The van der Waals surface area contributed by atoms with E-state index in [2.05, 4.69) is 16.8 Å². The first kappa shape index (κ1) is 16.7. The van der Waals surface area contributed by atoms with Crippen molar-refractivity contribution in [1.29, 1.82) is 0 Å². The molecule has 0 saturated carbocycles. The molecule has 1 heterocycles. The molecule has 0 saturated heterocycles. The third-order valence-corrected chi connectivity index (χ3v) is 2.62. The Morgan fingerprint density at radius 3 is 2.76 bits per heavy atom. The van der Waals surface area contributed by atoms with Crippen molar-refractivity contribution in [2.45, 2.75) is 13.3 Å². The van der Waals surface area contributed by atoms with Crippen LogP contribution >= 0.6 is 0 Å². The molecular formula is C15H19N3O3. The molecule has 21 heavy (non-hydrogen) atoms. The van der Waals surface area contributed by atoms with E-state index in [0.717, 1.165) is 0 Å². The van der Waals surface area contributed by atoms with Crippen molar-refractivity contribution in [2.75, 3.05) is 26.7 Å². The second kappa shape index (κ2) is 8.72. The van der Waals surface area contributed by atoms with Crippen LogP contribution in [0.25, 0.3) is 0 Å². The van der Waals surface area contributed by atoms with E-state index >= 15 is 0 Å². The maximum atomic E-state index is 12.1. The number of nitrogens with zero attached hydrogens (tertiary/aromatic N) is 2. The Labute approximate surface area is 124 Å². The van der Waals surface area contributed by atoms with Crippen molar-refractivity contribution < 1.29 is 14.3 Å². The van der Waals surface area contributed by atoms with Gasteiger partial charge in [0.05, 0.1) is 19.6 Å².